The first kappa shape index (κ1) is 15.8. The fraction of sp³-hybridized carbons (Fsp3) is 0.176. The molecule has 6 heteroatoms. The third-order valence-electron chi connectivity index (χ3n) is 3.48. The molecular weight excluding hydrogens is 330 g/mol. The monoisotopic (exact) mass is 345 g/mol. The second-order valence-corrected chi connectivity index (χ2v) is 6.75. The van der Waals surface area contributed by atoms with E-state index in [9.17, 15) is 4.79 Å². The lowest BCUT2D eigenvalue weighted by Gasteiger charge is -2.12. The molecular formula is C17H15NO3S2. The first-order valence-corrected chi connectivity index (χ1v) is 8.23. The molecule has 4 nitrogen and oxygen atoms in total. The Bertz CT molecular complexity index is 781. The Balaban J connectivity index is 1.82. The minimum absolute atomic E-state index is 0.0927. The number of ether oxygens (including phenoxy) is 1. The summed E-state index contributed by atoms with van der Waals surface area (Å²) in [5, 5.41) is 0. The van der Waals surface area contributed by atoms with Gasteiger partial charge in [-0.25, -0.2) is 0 Å². The highest BCUT2D eigenvalue weighted by molar-refractivity contribution is 8.26. The van der Waals surface area contributed by atoms with Gasteiger partial charge in [-0.1, -0.05) is 30.0 Å². The summed E-state index contributed by atoms with van der Waals surface area (Å²) < 4.78 is 11.1. The van der Waals surface area contributed by atoms with Crippen molar-refractivity contribution in [3.8, 4) is 5.75 Å². The van der Waals surface area contributed by atoms with Gasteiger partial charge >= 0.3 is 0 Å². The Morgan fingerprint density at radius 3 is 2.87 bits per heavy atom. The first-order valence-electron chi connectivity index (χ1n) is 7.01. The smallest absolute Gasteiger partial charge is 0.266 e. The number of nitrogens with zero attached hydrogens (tertiary/aromatic N) is 1. The lowest BCUT2D eigenvalue weighted by atomic mass is 10.1. The van der Waals surface area contributed by atoms with E-state index < -0.39 is 0 Å². The van der Waals surface area contributed by atoms with E-state index in [0.29, 0.717) is 21.5 Å². The largest absolute Gasteiger partial charge is 0.496 e. The molecule has 0 atom stereocenters. The number of benzene rings is 1. The topological polar surface area (TPSA) is 42.7 Å². The molecule has 0 radical (unpaired) electrons. The number of amides is 1. The molecule has 118 valence electrons. The number of carbonyl (C=O) groups is 1. The molecule has 1 amide bonds. The van der Waals surface area contributed by atoms with Crippen LogP contribution in [0, 0.1) is 6.92 Å². The second-order valence-electron chi connectivity index (χ2n) is 5.08. The fourth-order valence-electron chi connectivity index (χ4n) is 2.34. The summed E-state index contributed by atoms with van der Waals surface area (Å²) in [5.74, 6) is 1.44. The van der Waals surface area contributed by atoms with Crippen molar-refractivity contribution >= 4 is 40.3 Å². The van der Waals surface area contributed by atoms with Crippen molar-refractivity contribution in [2.75, 3.05) is 7.11 Å². The summed E-state index contributed by atoms with van der Waals surface area (Å²) in [4.78, 5) is 14.7. The lowest BCUT2D eigenvalue weighted by molar-refractivity contribution is -0.122. The van der Waals surface area contributed by atoms with Crippen molar-refractivity contribution in [2.45, 2.75) is 13.5 Å². The molecule has 1 aliphatic rings. The molecule has 0 spiro atoms. The second kappa shape index (κ2) is 6.60. The van der Waals surface area contributed by atoms with E-state index in [2.05, 4.69) is 0 Å². The number of thioether (sulfide) groups is 1. The van der Waals surface area contributed by atoms with Crippen LogP contribution in [0.15, 0.2) is 45.9 Å². The van der Waals surface area contributed by atoms with Crippen molar-refractivity contribution < 1.29 is 13.9 Å². The van der Waals surface area contributed by atoms with Gasteiger partial charge < -0.3 is 9.15 Å². The zero-order chi connectivity index (χ0) is 16.4. The lowest BCUT2D eigenvalue weighted by Crippen LogP contribution is -2.27. The highest BCUT2D eigenvalue weighted by Gasteiger charge is 2.32. The van der Waals surface area contributed by atoms with Gasteiger partial charge in [-0.05, 0) is 48.4 Å². The van der Waals surface area contributed by atoms with Crippen LogP contribution in [0.25, 0.3) is 6.08 Å². The predicted molar refractivity (Wildman–Crippen MR) is 95.2 cm³/mol. The minimum Gasteiger partial charge on any atom is -0.496 e. The number of aryl methyl sites for hydroxylation is 1. The normalized spacial score (nSPS) is 16.4. The molecule has 1 saturated heterocycles. The fourth-order valence-corrected chi connectivity index (χ4v) is 3.59. The van der Waals surface area contributed by atoms with Gasteiger partial charge in [-0.15, -0.1) is 0 Å². The van der Waals surface area contributed by atoms with Crippen LogP contribution >= 0.6 is 24.0 Å². The van der Waals surface area contributed by atoms with Crippen LogP contribution in [0.4, 0.5) is 0 Å². The van der Waals surface area contributed by atoms with Crippen LogP contribution in [0.2, 0.25) is 0 Å². The number of hydrogen-bond acceptors (Lipinski definition) is 5. The van der Waals surface area contributed by atoms with E-state index in [1.54, 1.807) is 24.3 Å². The van der Waals surface area contributed by atoms with Crippen LogP contribution in [-0.2, 0) is 11.3 Å². The third kappa shape index (κ3) is 3.33. The highest BCUT2D eigenvalue weighted by Crippen LogP contribution is 2.34. The average molecular weight is 345 g/mol. The molecule has 1 aliphatic heterocycles. The Hall–Kier alpha value is -2.05. The summed E-state index contributed by atoms with van der Waals surface area (Å²) in [6.45, 7) is 2.33. The van der Waals surface area contributed by atoms with Crippen molar-refractivity contribution in [3.63, 3.8) is 0 Å². The average Bonchev–Trinajstić information content (AvgIpc) is 3.12. The van der Waals surface area contributed by atoms with E-state index >= 15 is 0 Å². The van der Waals surface area contributed by atoms with Gasteiger partial charge in [-0.2, -0.15) is 0 Å². The molecule has 23 heavy (non-hydrogen) atoms. The maximum Gasteiger partial charge on any atom is 0.266 e. The first-order chi connectivity index (χ1) is 11.1. The van der Waals surface area contributed by atoms with Crippen molar-refractivity contribution in [1.82, 2.24) is 4.90 Å². The van der Waals surface area contributed by atoms with E-state index in [4.69, 9.17) is 21.4 Å². The Morgan fingerprint density at radius 2 is 2.22 bits per heavy atom. The molecule has 0 aliphatic carbocycles. The molecule has 2 heterocycles. The van der Waals surface area contributed by atoms with Crippen LogP contribution in [-0.4, -0.2) is 22.2 Å². The van der Waals surface area contributed by atoms with Gasteiger partial charge in [0.2, 0.25) is 0 Å². The summed E-state index contributed by atoms with van der Waals surface area (Å²) in [6, 6.07) is 9.42. The number of rotatable bonds is 4. The third-order valence-corrected chi connectivity index (χ3v) is 4.86. The zero-order valence-electron chi connectivity index (χ0n) is 12.7. The molecule has 1 aromatic heterocycles. The Kier molecular flexibility index (Phi) is 4.54. The van der Waals surface area contributed by atoms with Crippen molar-refractivity contribution in [1.29, 1.82) is 0 Å². The number of hydrogen-bond donors (Lipinski definition) is 0. The predicted octanol–water partition coefficient (Wildman–Crippen LogP) is 4.00. The van der Waals surface area contributed by atoms with E-state index in [0.717, 1.165) is 16.9 Å². The minimum atomic E-state index is -0.0927. The molecule has 0 unspecified atom stereocenters. The van der Waals surface area contributed by atoms with Crippen molar-refractivity contribution in [2.24, 2.45) is 0 Å². The van der Waals surface area contributed by atoms with Crippen LogP contribution in [0.5, 0.6) is 5.75 Å². The molecule has 2 aromatic rings. The van der Waals surface area contributed by atoms with Crippen LogP contribution < -0.4 is 4.74 Å². The summed E-state index contributed by atoms with van der Waals surface area (Å²) >= 11 is 6.63. The van der Waals surface area contributed by atoms with Gasteiger partial charge in [0.05, 0.1) is 24.8 Å². The maximum absolute atomic E-state index is 12.5. The van der Waals surface area contributed by atoms with E-state index in [-0.39, 0.29) is 5.91 Å². The van der Waals surface area contributed by atoms with E-state index in [1.807, 2.05) is 37.3 Å². The molecule has 0 saturated carbocycles. The van der Waals surface area contributed by atoms with Crippen molar-refractivity contribution in [3.05, 3.63) is 58.4 Å². The molecule has 0 N–H and O–H groups in total. The van der Waals surface area contributed by atoms with Gasteiger partial charge in [0.15, 0.2) is 0 Å². The molecule has 1 aromatic carbocycles. The Labute approximate surface area is 144 Å². The quantitative estimate of drug-likeness (QED) is 0.619. The van der Waals surface area contributed by atoms with Crippen LogP contribution in [0.1, 0.15) is 16.9 Å². The molecule has 1 fully saturated rings. The number of carbonyl (C=O) groups excluding carboxylic acids is 1. The Morgan fingerprint density at radius 1 is 1.39 bits per heavy atom. The summed E-state index contributed by atoms with van der Waals surface area (Å²) in [7, 11) is 1.64. The number of methoxy groups -OCH3 is 1. The molecule has 3 rings (SSSR count). The highest BCUT2D eigenvalue weighted by atomic mass is 32.2. The number of thiocarbonyl (C=S) groups is 1. The maximum atomic E-state index is 12.5. The SMILES string of the molecule is COc1ccc(/C=C2/SC(=S)N(Cc3ccco3)C2=O)cc1C. The number of furan rings is 1. The van der Waals surface area contributed by atoms with Gasteiger partial charge in [0, 0.05) is 0 Å². The van der Waals surface area contributed by atoms with Gasteiger partial charge in [0.25, 0.3) is 5.91 Å². The molecule has 0 bridgehead atoms. The summed E-state index contributed by atoms with van der Waals surface area (Å²) in [5.41, 5.74) is 1.97. The zero-order valence-corrected chi connectivity index (χ0v) is 14.4. The van der Waals surface area contributed by atoms with Crippen LogP contribution in [0.3, 0.4) is 0 Å². The van der Waals surface area contributed by atoms with Gasteiger partial charge in [-0.3, -0.25) is 9.69 Å². The van der Waals surface area contributed by atoms with E-state index in [1.165, 1.54) is 11.8 Å². The standard InChI is InChI=1S/C17H15NO3S2/c1-11-8-12(5-6-14(11)20-2)9-15-16(19)18(17(22)23-15)10-13-4-3-7-21-13/h3-9H,10H2,1-2H3/b15-9+. The van der Waals surface area contributed by atoms with Gasteiger partial charge in [0.1, 0.15) is 15.8 Å². The summed E-state index contributed by atoms with van der Waals surface area (Å²) in [6.07, 6.45) is 3.44.